The summed E-state index contributed by atoms with van der Waals surface area (Å²) in [4.78, 5) is 4.03. The Morgan fingerprint density at radius 3 is 3.00 bits per heavy atom. The fourth-order valence-corrected chi connectivity index (χ4v) is 1.92. The van der Waals surface area contributed by atoms with Gasteiger partial charge in [-0.25, -0.2) is 0 Å². The summed E-state index contributed by atoms with van der Waals surface area (Å²) in [7, 11) is 1.80. The average Bonchev–Trinajstić information content (AvgIpc) is 2.34. The number of rotatable bonds is 0. The van der Waals surface area contributed by atoms with Gasteiger partial charge in [0.2, 0.25) is 0 Å². The van der Waals surface area contributed by atoms with Gasteiger partial charge in [-0.2, -0.15) is 0 Å². The lowest BCUT2D eigenvalue weighted by Crippen LogP contribution is -2.19. The predicted molar refractivity (Wildman–Crippen MR) is 55.3 cm³/mol. The molecule has 0 aromatic heterocycles. The summed E-state index contributed by atoms with van der Waals surface area (Å²) in [5, 5.41) is 0. The predicted octanol–water partition coefficient (Wildman–Crippen LogP) is 0.255. The molecule has 1 aliphatic heterocycles. The van der Waals surface area contributed by atoms with Crippen LogP contribution in [0.2, 0.25) is 0 Å². The molecule has 1 heterocycles. The summed E-state index contributed by atoms with van der Waals surface area (Å²) in [6.45, 7) is 0. The molecule has 4 heteroatoms. The van der Waals surface area contributed by atoms with E-state index in [2.05, 4.69) is 27.5 Å². The second-order valence-corrected chi connectivity index (χ2v) is 3.51. The number of benzene rings is 1. The Kier molecular flexibility index (Phi) is 1.63. The van der Waals surface area contributed by atoms with Crippen molar-refractivity contribution in [2.75, 3.05) is 0 Å². The summed E-state index contributed by atoms with van der Waals surface area (Å²) in [6.07, 6.45) is 0. The van der Waals surface area contributed by atoms with Gasteiger partial charge in [0.05, 0.1) is 0 Å². The van der Waals surface area contributed by atoms with E-state index in [1.807, 2.05) is 18.2 Å². The first-order valence-electron chi connectivity index (χ1n) is 3.24. The number of nitrogens with two attached hydrogens (primary N) is 1. The van der Waals surface area contributed by atoms with Crippen LogP contribution in [0.3, 0.4) is 0 Å². The lowest BCUT2D eigenvalue weighted by Gasteiger charge is -2.00. The zero-order valence-electron chi connectivity index (χ0n) is 5.71. The van der Waals surface area contributed by atoms with Crippen LogP contribution in [0.4, 0.5) is 0 Å². The molecule has 0 aliphatic carbocycles. The number of hydrogen-bond donors (Lipinski definition) is 1. The summed E-state index contributed by atoms with van der Waals surface area (Å²) in [5.41, 5.74) is 7.86. The third-order valence-electron chi connectivity index (χ3n) is 1.64. The van der Waals surface area contributed by atoms with E-state index in [1.165, 1.54) is 0 Å². The zero-order valence-corrected chi connectivity index (χ0v) is 7.87. The maximum atomic E-state index is 5.66. The first kappa shape index (κ1) is 7.15. The number of fused-ring (bicyclic) bond motifs is 1. The molecular weight excluding hydrogens is 250 g/mol. The summed E-state index contributed by atoms with van der Waals surface area (Å²) in [5.74, 6) is 0.630. The zero-order chi connectivity index (χ0) is 7.84. The lowest BCUT2D eigenvalue weighted by atomic mass is 9.84. The standard InChI is InChI=1S/C7H5BIN2/c9-5-3-1-2-4-6(5)7(10)11-8-4/h1-3H,(H2,10,11). The van der Waals surface area contributed by atoms with Crippen molar-refractivity contribution in [3.63, 3.8) is 0 Å². The molecule has 0 saturated heterocycles. The summed E-state index contributed by atoms with van der Waals surface area (Å²) >= 11 is 2.26. The van der Waals surface area contributed by atoms with Crippen molar-refractivity contribution < 1.29 is 0 Å². The molecule has 0 amide bonds. The van der Waals surface area contributed by atoms with Gasteiger partial charge < -0.3 is 10.6 Å². The molecule has 1 radical (unpaired) electrons. The molecule has 0 spiro atoms. The number of nitrogens with zero attached hydrogens (tertiary/aromatic N) is 1. The molecule has 2 rings (SSSR count). The third-order valence-corrected chi connectivity index (χ3v) is 2.54. The number of hydrogen-bond acceptors (Lipinski definition) is 2. The third kappa shape index (κ3) is 1.05. The Labute approximate surface area is 79.3 Å². The van der Waals surface area contributed by atoms with Crippen LogP contribution >= 0.6 is 22.6 Å². The quantitative estimate of drug-likeness (QED) is 0.523. The van der Waals surface area contributed by atoms with Gasteiger partial charge in [-0.15, -0.1) is 0 Å². The van der Waals surface area contributed by atoms with Crippen molar-refractivity contribution in [3.05, 3.63) is 27.3 Å². The molecule has 0 saturated carbocycles. The van der Waals surface area contributed by atoms with Gasteiger partial charge in [0.25, 0.3) is 0 Å². The first-order valence-corrected chi connectivity index (χ1v) is 4.32. The van der Waals surface area contributed by atoms with Crippen molar-refractivity contribution in [1.29, 1.82) is 0 Å². The summed E-state index contributed by atoms with van der Waals surface area (Å²) < 4.78 is 1.16. The van der Waals surface area contributed by atoms with Crippen molar-refractivity contribution in [2.24, 2.45) is 10.6 Å². The minimum Gasteiger partial charge on any atom is -0.384 e. The van der Waals surface area contributed by atoms with Crippen LogP contribution in [0.5, 0.6) is 0 Å². The Morgan fingerprint density at radius 1 is 1.45 bits per heavy atom. The van der Waals surface area contributed by atoms with E-state index in [0.717, 1.165) is 14.6 Å². The highest BCUT2D eigenvalue weighted by Crippen LogP contribution is 2.11. The van der Waals surface area contributed by atoms with Crippen molar-refractivity contribution in [2.45, 2.75) is 0 Å². The van der Waals surface area contributed by atoms with Crippen molar-refractivity contribution in [3.8, 4) is 0 Å². The van der Waals surface area contributed by atoms with Gasteiger partial charge in [0.1, 0.15) is 5.84 Å². The molecule has 0 unspecified atom stereocenters. The van der Waals surface area contributed by atoms with Gasteiger partial charge >= 0.3 is 7.41 Å². The maximum Gasteiger partial charge on any atom is 0.315 e. The lowest BCUT2D eigenvalue weighted by molar-refractivity contribution is 1.58. The number of amidine groups is 1. The van der Waals surface area contributed by atoms with Gasteiger partial charge in [-0.05, 0) is 34.1 Å². The molecule has 2 nitrogen and oxygen atoms in total. The number of halogens is 1. The monoisotopic (exact) mass is 255 g/mol. The van der Waals surface area contributed by atoms with Crippen LogP contribution < -0.4 is 11.2 Å². The minimum atomic E-state index is 0.630. The van der Waals surface area contributed by atoms with Crippen molar-refractivity contribution in [1.82, 2.24) is 0 Å². The van der Waals surface area contributed by atoms with E-state index in [-0.39, 0.29) is 0 Å². The topological polar surface area (TPSA) is 38.4 Å². The Bertz CT molecular complexity index is 335. The SMILES string of the molecule is NC1=N[B]c2cccc(I)c21. The van der Waals surface area contributed by atoms with E-state index < -0.39 is 0 Å². The molecule has 53 valence electrons. The smallest absolute Gasteiger partial charge is 0.315 e. The largest absolute Gasteiger partial charge is 0.384 e. The normalized spacial score (nSPS) is 13.7. The molecule has 2 N–H and O–H groups in total. The highest BCUT2D eigenvalue weighted by Gasteiger charge is 2.16. The molecule has 11 heavy (non-hydrogen) atoms. The van der Waals surface area contributed by atoms with Crippen molar-refractivity contribution >= 4 is 41.3 Å². The minimum absolute atomic E-state index is 0.630. The summed E-state index contributed by atoms with van der Waals surface area (Å²) in [6, 6.07) is 6.05. The first-order chi connectivity index (χ1) is 5.29. The van der Waals surface area contributed by atoms with Gasteiger partial charge in [0.15, 0.2) is 0 Å². The molecule has 0 bridgehead atoms. The van der Waals surface area contributed by atoms with E-state index >= 15 is 0 Å². The highest BCUT2D eigenvalue weighted by molar-refractivity contribution is 14.1. The Balaban J connectivity index is 2.67. The van der Waals surface area contributed by atoms with Crippen LogP contribution in [0.1, 0.15) is 5.56 Å². The van der Waals surface area contributed by atoms with E-state index in [1.54, 1.807) is 7.41 Å². The van der Waals surface area contributed by atoms with Crippen LogP contribution in [0.15, 0.2) is 23.1 Å². The second-order valence-electron chi connectivity index (χ2n) is 2.35. The van der Waals surface area contributed by atoms with Gasteiger partial charge in [-0.3, -0.25) is 0 Å². The molecule has 0 atom stereocenters. The molecule has 1 aromatic rings. The molecular formula is C7H5BIN2. The van der Waals surface area contributed by atoms with Crippen LogP contribution in [-0.4, -0.2) is 13.3 Å². The molecule has 1 aliphatic rings. The van der Waals surface area contributed by atoms with Crippen LogP contribution in [-0.2, 0) is 0 Å². The van der Waals surface area contributed by atoms with Gasteiger partial charge in [0, 0.05) is 9.13 Å². The Morgan fingerprint density at radius 2 is 2.27 bits per heavy atom. The van der Waals surface area contributed by atoms with E-state index in [9.17, 15) is 0 Å². The van der Waals surface area contributed by atoms with Gasteiger partial charge in [-0.1, -0.05) is 12.1 Å². The van der Waals surface area contributed by atoms with E-state index in [4.69, 9.17) is 5.73 Å². The molecule has 0 fully saturated rings. The maximum absolute atomic E-state index is 5.66. The highest BCUT2D eigenvalue weighted by atomic mass is 127. The Hall–Kier alpha value is -0.515. The fourth-order valence-electron chi connectivity index (χ4n) is 1.12. The van der Waals surface area contributed by atoms with E-state index in [0.29, 0.717) is 5.84 Å². The second kappa shape index (κ2) is 2.51. The average molecular weight is 255 g/mol. The fraction of sp³-hybridized carbons (Fsp3) is 0. The van der Waals surface area contributed by atoms with Crippen LogP contribution in [0, 0.1) is 3.57 Å². The molecule has 1 aromatic carbocycles. The van der Waals surface area contributed by atoms with Crippen LogP contribution in [0.25, 0.3) is 0 Å².